The van der Waals surface area contributed by atoms with Crippen LogP contribution in [0, 0.1) is 11.8 Å². The van der Waals surface area contributed by atoms with Crippen LogP contribution < -0.4 is 19.7 Å². The summed E-state index contributed by atoms with van der Waals surface area (Å²) in [7, 11) is 3.07. The van der Waals surface area contributed by atoms with Gasteiger partial charge < -0.3 is 14.8 Å². The number of ether oxygens (including phenoxy) is 2. The Hall–Kier alpha value is -4.91. The zero-order chi connectivity index (χ0) is 27.5. The number of carbonyl (C=O) groups excluding carboxylic acids is 3. The molecule has 1 N–H and O–H groups in total. The molecule has 3 aliphatic carbocycles. The predicted octanol–water partition coefficient (Wildman–Crippen LogP) is 5.35. The van der Waals surface area contributed by atoms with Crippen LogP contribution in [-0.2, 0) is 9.59 Å². The van der Waals surface area contributed by atoms with Gasteiger partial charge in [-0.3, -0.25) is 14.4 Å². The third kappa shape index (κ3) is 3.40. The van der Waals surface area contributed by atoms with Gasteiger partial charge in [0.15, 0.2) is 0 Å². The van der Waals surface area contributed by atoms with Crippen molar-refractivity contribution in [3.63, 3.8) is 0 Å². The Bertz CT molecular complexity index is 1580. The van der Waals surface area contributed by atoms with Crippen LogP contribution >= 0.6 is 0 Å². The molecule has 7 heteroatoms. The molecule has 0 unspecified atom stereocenters. The second kappa shape index (κ2) is 9.09. The van der Waals surface area contributed by atoms with E-state index in [0.717, 1.165) is 22.3 Å². The van der Waals surface area contributed by atoms with E-state index in [9.17, 15) is 14.4 Å². The highest BCUT2D eigenvalue weighted by Crippen LogP contribution is 2.61. The van der Waals surface area contributed by atoms with Crippen molar-refractivity contribution in [2.45, 2.75) is 11.8 Å². The molecule has 4 aromatic rings. The van der Waals surface area contributed by atoms with Gasteiger partial charge >= 0.3 is 0 Å². The molecule has 2 atom stereocenters. The summed E-state index contributed by atoms with van der Waals surface area (Å²) in [6.45, 7) is 0. The first-order valence-electron chi connectivity index (χ1n) is 13.2. The highest BCUT2D eigenvalue weighted by Gasteiger charge is 2.61. The zero-order valence-electron chi connectivity index (χ0n) is 22.0. The molecule has 4 aromatic carbocycles. The van der Waals surface area contributed by atoms with E-state index in [-0.39, 0.29) is 29.6 Å². The molecule has 8 rings (SSSR count). The second-order valence-electron chi connectivity index (χ2n) is 10.3. The SMILES string of the molecule is COc1ccc(OC)c(NC(=O)c2ccc(N3C(=O)[C@H]4C5c6ccccc6C(c6ccccc65)[C@@H]4C3=O)cc2)c1. The number of nitrogens with zero attached hydrogens (tertiary/aromatic N) is 1. The lowest BCUT2D eigenvalue weighted by molar-refractivity contribution is -0.122. The molecule has 1 fully saturated rings. The third-order valence-electron chi connectivity index (χ3n) is 8.49. The van der Waals surface area contributed by atoms with Crippen molar-refractivity contribution in [2.75, 3.05) is 24.4 Å². The summed E-state index contributed by atoms with van der Waals surface area (Å²) in [6, 6.07) is 28.1. The molecule has 7 nitrogen and oxygen atoms in total. The minimum absolute atomic E-state index is 0.160. The highest BCUT2D eigenvalue weighted by molar-refractivity contribution is 6.23. The van der Waals surface area contributed by atoms with Crippen molar-refractivity contribution in [3.05, 3.63) is 119 Å². The number of methoxy groups -OCH3 is 2. The maximum absolute atomic E-state index is 14.0. The van der Waals surface area contributed by atoms with Gasteiger partial charge in [-0.1, -0.05) is 48.5 Å². The molecular weight excluding hydrogens is 504 g/mol. The lowest BCUT2D eigenvalue weighted by atomic mass is 9.55. The van der Waals surface area contributed by atoms with Crippen molar-refractivity contribution in [1.82, 2.24) is 0 Å². The second-order valence-corrected chi connectivity index (χ2v) is 10.3. The molecule has 0 spiro atoms. The van der Waals surface area contributed by atoms with Gasteiger partial charge in [0.2, 0.25) is 11.8 Å². The fourth-order valence-corrected chi connectivity index (χ4v) is 6.80. The number of hydrogen-bond acceptors (Lipinski definition) is 5. The summed E-state index contributed by atoms with van der Waals surface area (Å²) < 4.78 is 10.6. The summed E-state index contributed by atoms with van der Waals surface area (Å²) in [5.74, 6) is -0.875. The van der Waals surface area contributed by atoms with Crippen molar-refractivity contribution >= 4 is 29.1 Å². The van der Waals surface area contributed by atoms with Gasteiger partial charge in [-0.05, 0) is 58.7 Å². The van der Waals surface area contributed by atoms with Crippen LogP contribution in [0.1, 0.15) is 44.4 Å². The summed E-state index contributed by atoms with van der Waals surface area (Å²) in [6.07, 6.45) is 0. The molecule has 0 aromatic heterocycles. The monoisotopic (exact) mass is 530 g/mol. The Kier molecular flexibility index (Phi) is 5.49. The van der Waals surface area contributed by atoms with Gasteiger partial charge in [-0.25, -0.2) is 4.90 Å². The fourth-order valence-electron chi connectivity index (χ4n) is 6.80. The summed E-state index contributed by atoms with van der Waals surface area (Å²) in [5.41, 5.74) is 5.86. The Balaban J connectivity index is 1.19. The van der Waals surface area contributed by atoms with E-state index in [2.05, 4.69) is 29.6 Å². The van der Waals surface area contributed by atoms with Gasteiger partial charge in [0.1, 0.15) is 11.5 Å². The van der Waals surface area contributed by atoms with Crippen LogP contribution in [0.5, 0.6) is 11.5 Å². The molecule has 40 heavy (non-hydrogen) atoms. The maximum Gasteiger partial charge on any atom is 0.255 e. The number of benzene rings is 4. The quantitative estimate of drug-likeness (QED) is 0.352. The van der Waals surface area contributed by atoms with Gasteiger partial charge in [0.25, 0.3) is 5.91 Å². The Morgan fingerprint density at radius 2 is 1.23 bits per heavy atom. The molecule has 1 aliphatic heterocycles. The first-order valence-corrected chi connectivity index (χ1v) is 13.2. The normalized spacial score (nSPS) is 21.9. The van der Waals surface area contributed by atoms with E-state index in [1.165, 1.54) is 12.0 Å². The summed E-state index contributed by atoms with van der Waals surface area (Å²) >= 11 is 0. The molecule has 0 radical (unpaired) electrons. The van der Waals surface area contributed by atoms with E-state index in [1.54, 1.807) is 49.6 Å². The number of hydrogen-bond donors (Lipinski definition) is 1. The van der Waals surface area contributed by atoms with Gasteiger partial charge in [-0.2, -0.15) is 0 Å². The van der Waals surface area contributed by atoms with Crippen LogP contribution in [-0.4, -0.2) is 31.9 Å². The number of carbonyl (C=O) groups is 3. The van der Waals surface area contributed by atoms with E-state index in [1.807, 2.05) is 24.3 Å². The molecule has 1 saturated heterocycles. The van der Waals surface area contributed by atoms with E-state index < -0.39 is 11.8 Å². The first-order chi connectivity index (χ1) is 19.5. The summed E-state index contributed by atoms with van der Waals surface area (Å²) in [5, 5.41) is 2.85. The van der Waals surface area contributed by atoms with Crippen LogP contribution in [0.15, 0.2) is 91.0 Å². The number of anilines is 2. The van der Waals surface area contributed by atoms with E-state index >= 15 is 0 Å². The molecule has 0 saturated carbocycles. The molecule has 2 bridgehead atoms. The number of imide groups is 1. The molecule has 4 aliphatic rings. The maximum atomic E-state index is 14.0. The number of rotatable bonds is 5. The number of amides is 3. The van der Waals surface area contributed by atoms with Gasteiger partial charge in [0.05, 0.1) is 37.4 Å². The highest BCUT2D eigenvalue weighted by atomic mass is 16.5. The van der Waals surface area contributed by atoms with Crippen LogP contribution in [0.3, 0.4) is 0 Å². The largest absolute Gasteiger partial charge is 0.497 e. The van der Waals surface area contributed by atoms with Crippen LogP contribution in [0.25, 0.3) is 0 Å². The summed E-state index contributed by atoms with van der Waals surface area (Å²) in [4.78, 5) is 42.3. The van der Waals surface area contributed by atoms with Crippen molar-refractivity contribution in [3.8, 4) is 11.5 Å². The average molecular weight is 531 g/mol. The minimum atomic E-state index is -0.453. The Morgan fingerprint density at radius 3 is 1.70 bits per heavy atom. The molecule has 198 valence electrons. The zero-order valence-corrected chi connectivity index (χ0v) is 22.0. The standard InChI is InChI=1S/C33H26N2O5/c1-39-20-15-16-26(40-2)25(17-20)34-31(36)18-11-13-19(14-12-18)35-32(37)29-27-21-7-3-4-8-22(21)28(30(29)33(35)38)24-10-6-5-9-23(24)27/h3-17,27-30H,1-2H3,(H,34,36)/t27?,28?,29-,30-/m0/s1. The lowest BCUT2D eigenvalue weighted by Gasteiger charge is -2.45. The predicted molar refractivity (Wildman–Crippen MR) is 150 cm³/mol. The average Bonchev–Trinajstić information content (AvgIpc) is 3.27. The Morgan fingerprint density at radius 1 is 0.700 bits per heavy atom. The lowest BCUT2D eigenvalue weighted by Crippen LogP contribution is -2.41. The minimum Gasteiger partial charge on any atom is -0.497 e. The van der Waals surface area contributed by atoms with E-state index in [0.29, 0.717) is 28.4 Å². The van der Waals surface area contributed by atoms with Crippen LogP contribution in [0.4, 0.5) is 11.4 Å². The van der Waals surface area contributed by atoms with Crippen LogP contribution in [0.2, 0.25) is 0 Å². The fraction of sp³-hybridized carbons (Fsp3) is 0.182. The molecule has 1 heterocycles. The van der Waals surface area contributed by atoms with Gasteiger partial charge in [-0.15, -0.1) is 0 Å². The van der Waals surface area contributed by atoms with Crippen molar-refractivity contribution < 1.29 is 23.9 Å². The van der Waals surface area contributed by atoms with Crippen molar-refractivity contribution in [1.29, 1.82) is 0 Å². The van der Waals surface area contributed by atoms with Gasteiger partial charge in [0, 0.05) is 23.5 Å². The van der Waals surface area contributed by atoms with E-state index in [4.69, 9.17) is 9.47 Å². The third-order valence-corrected chi connectivity index (χ3v) is 8.49. The molecular formula is C33H26N2O5. The topological polar surface area (TPSA) is 84.9 Å². The Labute approximate surface area is 231 Å². The number of nitrogens with one attached hydrogen (secondary N) is 1. The molecule has 3 amide bonds. The van der Waals surface area contributed by atoms with Crippen molar-refractivity contribution in [2.24, 2.45) is 11.8 Å². The smallest absolute Gasteiger partial charge is 0.255 e. The first kappa shape index (κ1) is 24.2.